The molecule has 1 saturated carbocycles. The molecule has 1 aliphatic heterocycles. The van der Waals surface area contributed by atoms with Crippen LogP contribution in [0.25, 0.3) is 0 Å². The van der Waals surface area contributed by atoms with Crippen molar-refractivity contribution in [1.82, 2.24) is 5.32 Å². The first kappa shape index (κ1) is 14.7. The second-order valence-corrected chi connectivity index (χ2v) is 6.54. The van der Waals surface area contributed by atoms with Gasteiger partial charge in [-0.2, -0.15) is 0 Å². The largest absolute Gasteiger partial charge is 0.372 e. The minimum atomic E-state index is 0.583. The smallest absolute Gasteiger partial charge is 0.0387 e. The molecule has 2 atom stereocenters. The minimum Gasteiger partial charge on any atom is -0.372 e. The molecule has 3 rings (SSSR count). The van der Waals surface area contributed by atoms with E-state index in [2.05, 4.69) is 60.2 Å². The third-order valence-corrected chi connectivity index (χ3v) is 5.10. The van der Waals surface area contributed by atoms with Gasteiger partial charge in [0.1, 0.15) is 0 Å². The molecule has 0 bridgehead atoms. The van der Waals surface area contributed by atoms with Gasteiger partial charge in [0.2, 0.25) is 0 Å². The van der Waals surface area contributed by atoms with Crippen molar-refractivity contribution in [3.63, 3.8) is 0 Å². The Hall–Kier alpha value is -1.22. The molecule has 1 heterocycles. The highest BCUT2D eigenvalue weighted by atomic mass is 15.2. The summed E-state index contributed by atoms with van der Waals surface area (Å²) in [6, 6.07) is 10.5. The maximum Gasteiger partial charge on any atom is 0.0387 e. The van der Waals surface area contributed by atoms with Gasteiger partial charge < -0.3 is 15.1 Å². The molecular weight excluding hydrogens is 258 g/mol. The standard InChI is InChI=1S/C18H29N3/c1-4-20(5-2)16-8-10-17(11-9-16)21-13-18(15-6-7-15)19-12-14(21)3/h8-11,14-15,18-19H,4-7,12-13H2,1-3H3. The van der Waals surface area contributed by atoms with E-state index < -0.39 is 0 Å². The minimum absolute atomic E-state index is 0.583. The Morgan fingerprint density at radius 1 is 1.14 bits per heavy atom. The number of rotatable bonds is 5. The zero-order valence-electron chi connectivity index (χ0n) is 13.7. The first-order valence-corrected chi connectivity index (χ1v) is 8.58. The lowest BCUT2D eigenvalue weighted by Crippen LogP contribution is -2.56. The van der Waals surface area contributed by atoms with E-state index in [1.54, 1.807) is 0 Å². The van der Waals surface area contributed by atoms with Crippen LogP contribution in [0.1, 0.15) is 33.6 Å². The fourth-order valence-corrected chi connectivity index (χ4v) is 3.51. The molecule has 2 fully saturated rings. The predicted octanol–water partition coefficient (Wildman–Crippen LogP) is 3.11. The maximum absolute atomic E-state index is 3.73. The van der Waals surface area contributed by atoms with Gasteiger partial charge in [-0.3, -0.25) is 0 Å². The summed E-state index contributed by atoms with van der Waals surface area (Å²) < 4.78 is 0. The Morgan fingerprint density at radius 3 is 2.38 bits per heavy atom. The van der Waals surface area contributed by atoms with Crippen LogP contribution in [-0.2, 0) is 0 Å². The van der Waals surface area contributed by atoms with E-state index in [1.165, 1.54) is 24.2 Å². The summed E-state index contributed by atoms with van der Waals surface area (Å²) in [5, 5.41) is 3.73. The Kier molecular flexibility index (Phi) is 4.39. The van der Waals surface area contributed by atoms with Crippen molar-refractivity contribution in [2.75, 3.05) is 36.0 Å². The lowest BCUT2D eigenvalue weighted by Gasteiger charge is -2.40. The third kappa shape index (κ3) is 3.18. The SMILES string of the molecule is CCN(CC)c1ccc(N2CC(C3CC3)NCC2C)cc1. The first-order chi connectivity index (χ1) is 10.2. The molecule has 116 valence electrons. The molecule has 0 aromatic heterocycles. The highest BCUT2D eigenvalue weighted by Crippen LogP contribution is 2.35. The second kappa shape index (κ2) is 6.27. The quantitative estimate of drug-likeness (QED) is 0.898. The number of nitrogens with zero attached hydrogens (tertiary/aromatic N) is 2. The number of benzene rings is 1. The van der Waals surface area contributed by atoms with Crippen LogP contribution < -0.4 is 15.1 Å². The molecule has 0 amide bonds. The lowest BCUT2D eigenvalue weighted by atomic mass is 10.0. The molecule has 0 spiro atoms. The van der Waals surface area contributed by atoms with Crippen LogP contribution in [0.4, 0.5) is 11.4 Å². The molecule has 0 radical (unpaired) electrons. The molecule has 21 heavy (non-hydrogen) atoms. The van der Waals surface area contributed by atoms with Crippen molar-refractivity contribution in [3.05, 3.63) is 24.3 Å². The normalized spacial score (nSPS) is 26.0. The van der Waals surface area contributed by atoms with Gasteiger partial charge in [0.05, 0.1) is 0 Å². The molecular formula is C18H29N3. The van der Waals surface area contributed by atoms with E-state index in [-0.39, 0.29) is 0 Å². The van der Waals surface area contributed by atoms with E-state index in [0.717, 1.165) is 32.1 Å². The van der Waals surface area contributed by atoms with Crippen molar-refractivity contribution in [2.24, 2.45) is 5.92 Å². The highest BCUT2D eigenvalue weighted by Gasteiger charge is 2.36. The first-order valence-electron chi connectivity index (χ1n) is 8.58. The summed E-state index contributed by atoms with van der Waals surface area (Å²) >= 11 is 0. The van der Waals surface area contributed by atoms with Gasteiger partial charge in [0.15, 0.2) is 0 Å². The summed E-state index contributed by atoms with van der Waals surface area (Å²) in [6.45, 7) is 11.2. The van der Waals surface area contributed by atoms with Crippen molar-refractivity contribution >= 4 is 11.4 Å². The average molecular weight is 287 g/mol. The topological polar surface area (TPSA) is 18.5 Å². The third-order valence-electron chi connectivity index (χ3n) is 5.10. The lowest BCUT2D eigenvalue weighted by molar-refractivity contribution is 0.376. The summed E-state index contributed by atoms with van der Waals surface area (Å²) in [7, 11) is 0. The number of hydrogen-bond acceptors (Lipinski definition) is 3. The van der Waals surface area contributed by atoms with E-state index in [1.807, 2.05) is 0 Å². The molecule has 3 heteroatoms. The fourth-order valence-electron chi connectivity index (χ4n) is 3.51. The summed E-state index contributed by atoms with van der Waals surface area (Å²) in [4.78, 5) is 4.99. The monoisotopic (exact) mass is 287 g/mol. The number of nitrogens with one attached hydrogen (secondary N) is 1. The van der Waals surface area contributed by atoms with Gasteiger partial charge in [0, 0.05) is 49.6 Å². The molecule has 1 saturated heterocycles. The second-order valence-electron chi connectivity index (χ2n) is 6.54. The van der Waals surface area contributed by atoms with Crippen molar-refractivity contribution in [1.29, 1.82) is 0 Å². The van der Waals surface area contributed by atoms with Gasteiger partial charge >= 0.3 is 0 Å². The molecule has 1 aromatic rings. The van der Waals surface area contributed by atoms with E-state index in [9.17, 15) is 0 Å². The summed E-state index contributed by atoms with van der Waals surface area (Å²) in [6.07, 6.45) is 2.83. The maximum atomic E-state index is 3.73. The van der Waals surface area contributed by atoms with Gasteiger partial charge in [-0.1, -0.05) is 0 Å². The Morgan fingerprint density at radius 2 is 1.81 bits per heavy atom. The molecule has 1 aliphatic carbocycles. The van der Waals surface area contributed by atoms with Crippen LogP contribution in [0.5, 0.6) is 0 Å². The zero-order chi connectivity index (χ0) is 14.8. The zero-order valence-corrected chi connectivity index (χ0v) is 13.7. The van der Waals surface area contributed by atoms with Crippen LogP contribution in [0, 0.1) is 5.92 Å². The number of anilines is 2. The average Bonchev–Trinajstić information content (AvgIpc) is 3.35. The fraction of sp³-hybridized carbons (Fsp3) is 0.667. The molecule has 1 aromatic carbocycles. The van der Waals surface area contributed by atoms with E-state index in [4.69, 9.17) is 0 Å². The van der Waals surface area contributed by atoms with Crippen LogP contribution in [0.2, 0.25) is 0 Å². The van der Waals surface area contributed by atoms with Gasteiger partial charge in [-0.25, -0.2) is 0 Å². The summed E-state index contributed by atoms with van der Waals surface area (Å²) in [5.41, 5.74) is 2.72. The number of piperazine rings is 1. The van der Waals surface area contributed by atoms with Crippen LogP contribution >= 0.6 is 0 Å². The molecule has 3 nitrogen and oxygen atoms in total. The molecule has 1 N–H and O–H groups in total. The number of hydrogen-bond donors (Lipinski definition) is 1. The van der Waals surface area contributed by atoms with Crippen molar-refractivity contribution < 1.29 is 0 Å². The van der Waals surface area contributed by atoms with Crippen LogP contribution in [0.3, 0.4) is 0 Å². The van der Waals surface area contributed by atoms with E-state index in [0.29, 0.717) is 12.1 Å². The Bertz CT molecular complexity index is 448. The van der Waals surface area contributed by atoms with Crippen LogP contribution in [-0.4, -0.2) is 38.3 Å². The van der Waals surface area contributed by atoms with Gasteiger partial charge in [-0.05, 0) is 63.8 Å². The molecule has 2 unspecified atom stereocenters. The summed E-state index contributed by atoms with van der Waals surface area (Å²) in [5.74, 6) is 0.926. The highest BCUT2D eigenvalue weighted by molar-refractivity contribution is 5.57. The predicted molar refractivity (Wildman–Crippen MR) is 91.3 cm³/mol. The van der Waals surface area contributed by atoms with Crippen LogP contribution in [0.15, 0.2) is 24.3 Å². The van der Waals surface area contributed by atoms with Gasteiger partial charge in [0.25, 0.3) is 0 Å². The van der Waals surface area contributed by atoms with E-state index >= 15 is 0 Å². The van der Waals surface area contributed by atoms with Crippen molar-refractivity contribution in [2.45, 2.75) is 45.7 Å². The van der Waals surface area contributed by atoms with Crippen molar-refractivity contribution in [3.8, 4) is 0 Å². The van der Waals surface area contributed by atoms with Gasteiger partial charge in [-0.15, -0.1) is 0 Å². The Labute approximate surface area is 129 Å². The molecule has 2 aliphatic rings. The Balaban J connectivity index is 1.72.